The number of hydrogen-bond donors (Lipinski definition) is 2. The van der Waals surface area contributed by atoms with Gasteiger partial charge in [-0.05, 0) is 25.8 Å². The van der Waals surface area contributed by atoms with E-state index < -0.39 is 0 Å². The predicted molar refractivity (Wildman–Crippen MR) is 105 cm³/mol. The summed E-state index contributed by atoms with van der Waals surface area (Å²) >= 11 is 0. The maximum Gasteiger partial charge on any atom is 0.266 e. The molecule has 0 heterocycles. The topological polar surface area (TPSA) is 62.7 Å². The summed E-state index contributed by atoms with van der Waals surface area (Å²) in [5.41, 5.74) is 4.21. The number of benzene rings is 1. The smallest absolute Gasteiger partial charge is 0.266 e. The number of carbonyl (C=O) groups excluding carboxylic acids is 1. The number of ether oxygens (including phenoxy) is 1. The summed E-state index contributed by atoms with van der Waals surface area (Å²) < 4.78 is 5.24. The highest BCUT2D eigenvalue weighted by molar-refractivity contribution is 6.06. The summed E-state index contributed by atoms with van der Waals surface area (Å²) in [6, 6.07) is 7.96. The van der Waals surface area contributed by atoms with Gasteiger partial charge in [0.15, 0.2) is 0 Å². The number of nitrogens with one attached hydrogen (secondary N) is 2. The quantitative estimate of drug-likeness (QED) is 0.369. The van der Waals surface area contributed by atoms with E-state index in [1.165, 1.54) is 0 Å². The zero-order valence-electron chi connectivity index (χ0n) is 15.5. The lowest BCUT2D eigenvalue weighted by molar-refractivity contribution is -0.117. The molecule has 1 amide bonds. The van der Waals surface area contributed by atoms with Crippen molar-refractivity contribution in [3.8, 4) is 0 Å². The molecule has 5 heteroatoms. The molecule has 0 bridgehead atoms. The van der Waals surface area contributed by atoms with E-state index in [1.807, 2.05) is 38.1 Å². The van der Waals surface area contributed by atoms with Gasteiger partial charge in [-0.1, -0.05) is 43.0 Å². The van der Waals surface area contributed by atoms with Crippen molar-refractivity contribution in [3.63, 3.8) is 0 Å². The van der Waals surface area contributed by atoms with Crippen LogP contribution in [0.15, 0.2) is 48.1 Å². The summed E-state index contributed by atoms with van der Waals surface area (Å²) in [7, 11) is 1.74. The molecule has 1 aromatic rings. The minimum absolute atomic E-state index is 0.208. The maximum atomic E-state index is 12.0. The first kappa shape index (κ1) is 20.6. The van der Waals surface area contributed by atoms with Crippen LogP contribution in [-0.4, -0.2) is 45.0 Å². The molecule has 0 aliphatic rings. The first-order valence-electron chi connectivity index (χ1n) is 8.50. The molecular formula is C20H29N3O2. The van der Waals surface area contributed by atoms with E-state index in [2.05, 4.69) is 28.8 Å². The van der Waals surface area contributed by atoms with Crippen molar-refractivity contribution in [1.82, 2.24) is 10.6 Å². The van der Waals surface area contributed by atoms with Crippen molar-refractivity contribution in [2.45, 2.75) is 20.3 Å². The predicted octanol–water partition coefficient (Wildman–Crippen LogP) is 2.78. The van der Waals surface area contributed by atoms with Gasteiger partial charge in [-0.25, -0.2) is 0 Å². The van der Waals surface area contributed by atoms with Gasteiger partial charge in [0.05, 0.1) is 18.0 Å². The molecule has 0 aliphatic heterocycles. The van der Waals surface area contributed by atoms with Crippen LogP contribution in [0.25, 0.3) is 5.57 Å². The number of allylic oxidation sites excluding steroid dienone is 1. The number of rotatable bonds is 11. The Hall–Kier alpha value is -2.40. The van der Waals surface area contributed by atoms with Gasteiger partial charge in [0.2, 0.25) is 0 Å². The van der Waals surface area contributed by atoms with Crippen LogP contribution < -0.4 is 10.6 Å². The van der Waals surface area contributed by atoms with E-state index >= 15 is 0 Å². The van der Waals surface area contributed by atoms with Crippen LogP contribution in [-0.2, 0) is 9.53 Å². The SMILES string of the molecule is C=C(NCC(=NC)c1ccccc1C(=C)C)C(=O)NCCCOCC. The highest BCUT2D eigenvalue weighted by Crippen LogP contribution is 2.17. The molecule has 0 spiro atoms. The van der Waals surface area contributed by atoms with Gasteiger partial charge >= 0.3 is 0 Å². The van der Waals surface area contributed by atoms with Crippen LogP contribution in [0.2, 0.25) is 0 Å². The van der Waals surface area contributed by atoms with Gasteiger partial charge in [-0.15, -0.1) is 0 Å². The molecule has 2 N–H and O–H groups in total. The summed E-state index contributed by atoms with van der Waals surface area (Å²) in [6.45, 7) is 14.0. The molecule has 136 valence electrons. The molecule has 0 aliphatic carbocycles. The first-order valence-corrected chi connectivity index (χ1v) is 8.50. The van der Waals surface area contributed by atoms with Crippen molar-refractivity contribution in [3.05, 3.63) is 54.2 Å². The van der Waals surface area contributed by atoms with E-state index in [0.717, 1.165) is 28.8 Å². The first-order chi connectivity index (χ1) is 12.0. The van der Waals surface area contributed by atoms with Crippen molar-refractivity contribution in [2.24, 2.45) is 4.99 Å². The van der Waals surface area contributed by atoms with Crippen molar-refractivity contribution in [1.29, 1.82) is 0 Å². The van der Waals surface area contributed by atoms with Crippen LogP contribution in [0.5, 0.6) is 0 Å². The van der Waals surface area contributed by atoms with Crippen molar-refractivity contribution in [2.75, 3.05) is 33.4 Å². The van der Waals surface area contributed by atoms with Crippen LogP contribution in [0.3, 0.4) is 0 Å². The summed E-state index contributed by atoms with van der Waals surface area (Å²) in [5, 5.41) is 5.87. The number of amides is 1. The van der Waals surface area contributed by atoms with Crippen LogP contribution in [0.4, 0.5) is 0 Å². The van der Waals surface area contributed by atoms with Gasteiger partial charge in [0, 0.05) is 32.4 Å². The molecule has 0 fully saturated rings. The minimum Gasteiger partial charge on any atom is -0.382 e. The van der Waals surface area contributed by atoms with Gasteiger partial charge in [-0.3, -0.25) is 9.79 Å². The lowest BCUT2D eigenvalue weighted by Gasteiger charge is -2.14. The van der Waals surface area contributed by atoms with Crippen LogP contribution >= 0.6 is 0 Å². The number of carbonyl (C=O) groups is 1. The zero-order chi connectivity index (χ0) is 18.7. The summed E-state index contributed by atoms with van der Waals surface area (Å²) in [5.74, 6) is -0.208. The monoisotopic (exact) mass is 343 g/mol. The average Bonchev–Trinajstić information content (AvgIpc) is 2.61. The van der Waals surface area contributed by atoms with Crippen LogP contribution in [0.1, 0.15) is 31.4 Å². The van der Waals surface area contributed by atoms with Gasteiger partial charge < -0.3 is 15.4 Å². The Morgan fingerprint density at radius 1 is 1.20 bits per heavy atom. The third-order valence-corrected chi connectivity index (χ3v) is 3.67. The Morgan fingerprint density at radius 2 is 1.88 bits per heavy atom. The maximum absolute atomic E-state index is 12.0. The van der Waals surface area contributed by atoms with E-state index in [4.69, 9.17) is 4.74 Å². The lowest BCUT2D eigenvalue weighted by atomic mass is 9.98. The van der Waals surface area contributed by atoms with E-state index in [0.29, 0.717) is 32.0 Å². The largest absolute Gasteiger partial charge is 0.382 e. The average molecular weight is 343 g/mol. The molecule has 0 saturated heterocycles. The van der Waals surface area contributed by atoms with Crippen molar-refractivity contribution >= 4 is 17.2 Å². The van der Waals surface area contributed by atoms with E-state index in [1.54, 1.807) is 7.05 Å². The molecule has 0 atom stereocenters. The Labute approximate surface area is 150 Å². The molecular weight excluding hydrogens is 314 g/mol. The number of hydrogen-bond acceptors (Lipinski definition) is 4. The molecule has 0 saturated carbocycles. The summed E-state index contributed by atoms with van der Waals surface area (Å²) in [6.07, 6.45) is 0.778. The third-order valence-electron chi connectivity index (χ3n) is 3.67. The lowest BCUT2D eigenvalue weighted by Crippen LogP contribution is -2.34. The van der Waals surface area contributed by atoms with Gasteiger partial charge in [0.25, 0.3) is 5.91 Å². The number of nitrogens with zero attached hydrogens (tertiary/aromatic N) is 1. The van der Waals surface area contributed by atoms with E-state index in [-0.39, 0.29) is 5.91 Å². The second-order valence-electron chi connectivity index (χ2n) is 5.63. The molecule has 1 aromatic carbocycles. The fraction of sp³-hybridized carbons (Fsp3) is 0.400. The fourth-order valence-electron chi connectivity index (χ4n) is 2.30. The highest BCUT2D eigenvalue weighted by atomic mass is 16.5. The van der Waals surface area contributed by atoms with E-state index in [9.17, 15) is 4.79 Å². The fourth-order valence-corrected chi connectivity index (χ4v) is 2.30. The molecule has 0 radical (unpaired) electrons. The third kappa shape index (κ3) is 6.93. The molecule has 0 aromatic heterocycles. The van der Waals surface area contributed by atoms with Crippen molar-refractivity contribution < 1.29 is 9.53 Å². The minimum atomic E-state index is -0.208. The molecule has 25 heavy (non-hydrogen) atoms. The Kier molecular flexibility index (Phi) is 9.25. The second-order valence-corrected chi connectivity index (χ2v) is 5.63. The normalized spacial score (nSPS) is 11.1. The zero-order valence-corrected chi connectivity index (χ0v) is 15.5. The van der Waals surface area contributed by atoms with Gasteiger partial charge in [-0.2, -0.15) is 0 Å². The van der Waals surface area contributed by atoms with Crippen LogP contribution in [0, 0.1) is 0 Å². The molecule has 5 nitrogen and oxygen atoms in total. The Balaban J connectivity index is 2.56. The highest BCUT2D eigenvalue weighted by Gasteiger charge is 2.11. The molecule has 0 unspecified atom stereocenters. The standard InChI is InChI=1S/C20H29N3O2/c1-6-25-13-9-12-22-20(24)16(4)23-14-19(21-5)18-11-8-7-10-17(18)15(2)3/h7-8,10-11,23H,2,4,6,9,12-14H2,1,3,5H3,(H,22,24). The van der Waals surface area contributed by atoms with Gasteiger partial charge in [0.1, 0.15) is 0 Å². The Bertz CT molecular complexity index is 636. The second kappa shape index (κ2) is 11.2. The summed E-state index contributed by atoms with van der Waals surface area (Å²) in [4.78, 5) is 16.4. The Morgan fingerprint density at radius 3 is 2.48 bits per heavy atom. The molecule has 1 rings (SSSR count). The number of aliphatic imine (C=N–C) groups is 1.